The Balaban J connectivity index is 1.55. The van der Waals surface area contributed by atoms with Gasteiger partial charge in [-0.2, -0.15) is 0 Å². The van der Waals surface area contributed by atoms with Gasteiger partial charge in [-0.05, 0) is 56.2 Å². The lowest BCUT2D eigenvalue weighted by Crippen LogP contribution is -2.43. The van der Waals surface area contributed by atoms with Gasteiger partial charge in [0.25, 0.3) is 11.5 Å². The number of amides is 1. The van der Waals surface area contributed by atoms with Gasteiger partial charge in [-0.15, -0.1) is 0 Å². The van der Waals surface area contributed by atoms with E-state index in [4.69, 9.17) is 14.5 Å². The van der Waals surface area contributed by atoms with Gasteiger partial charge in [0.05, 0.1) is 22.9 Å². The van der Waals surface area contributed by atoms with Crippen LogP contribution < -0.4 is 24.4 Å². The van der Waals surface area contributed by atoms with Crippen LogP contribution in [0.3, 0.4) is 0 Å². The van der Waals surface area contributed by atoms with Gasteiger partial charge in [0.1, 0.15) is 24.1 Å². The first-order chi connectivity index (χ1) is 19.9. The number of carbonyl (C=O) groups excluding carboxylic acids is 1. The molecule has 41 heavy (non-hydrogen) atoms. The lowest BCUT2D eigenvalue weighted by atomic mass is 9.94. The molecular formula is C33H33N3O4S. The Morgan fingerprint density at radius 2 is 1.68 bits per heavy atom. The van der Waals surface area contributed by atoms with Gasteiger partial charge in [-0.1, -0.05) is 72.0 Å². The number of aromatic nitrogens is 1. The summed E-state index contributed by atoms with van der Waals surface area (Å²) in [4.78, 5) is 34.8. The normalized spacial score (nSPS) is 14.8. The smallest absolute Gasteiger partial charge is 0.271 e. The maximum atomic E-state index is 14.0. The molecule has 0 spiro atoms. The van der Waals surface area contributed by atoms with Crippen molar-refractivity contribution in [3.8, 4) is 11.5 Å². The molecule has 0 N–H and O–H groups in total. The monoisotopic (exact) mass is 567 g/mol. The fraction of sp³-hybridized carbons (Fsp3) is 0.242. The molecule has 3 aromatic carbocycles. The average molecular weight is 568 g/mol. The number of hydrogen-bond donors (Lipinski definition) is 0. The highest BCUT2D eigenvalue weighted by atomic mass is 32.1. The summed E-state index contributed by atoms with van der Waals surface area (Å²) in [6, 6.07) is 24.5. The van der Waals surface area contributed by atoms with Crippen LogP contribution in [-0.2, 0) is 11.4 Å². The highest BCUT2D eigenvalue weighted by Gasteiger charge is 2.35. The molecule has 7 nitrogen and oxygen atoms in total. The van der Waals surface area contributed by atoms with Crippen molar-refractivity contribution < 1.29 is 14.3 Å². The fourth-order valence-corrected chi connectivity index (χ4v) is 6.06. The van der Waals surface area contributed by atoms with Crippen LogP contribution in [0.5, 0.6) is 11.5 Å². The quantitative estimate of drug-likeness (QED) is 0.294. The predicted octanol–water partition coefficient (Wildman–Crippen LogP) is 4.69. The maximum Gasteiger partial charge on any atom is 0.271 e. The third-order valence-electron chi connectivity index (χ3n) is 7.16. The van der Waals surface area contributed by atoms with E-state index in [1.54, 1.807) is 16.6 Å². The number of benzene rings is 3. The third-order valence-corrected chi connectivity index (χ3v) is 8.15. The van der Waals surface area contributed by atoms with E-state index in [1.165, 1.54) is 11.3 Å². The predicted molar refractivity (Wildman–Crippen MR) is 162 cm³/mol. The van der Waals surface area contributed by atoms with E-state index in [9.17, 15) is 9.59 Å². The van der Waals surface area contributed by atoms with Crippen LogP contribution in [0.15, 0.2) is 99.9 Å². The van der Waals surface area contributed by atoms with E-state index in [0.29, 0.717) is 46.0 Å². The topological polar surface area (TPSA) is 73.1 Å². The SMILES string of the molecule is CCN(CC)C(=O)C1=C(C)N=c2s/c(=C/c3ccc(OCc4ccccc4)cc3)c(=O)n2[C@@H]1c1ccccc1OC. The van der Waals surface area contributed by atoms with E-state index < -0.39 is 6.04 Å². The Hall–Kier alpha value is -4.43. The molecule has 0 aliphatic carbocycles. The molecule has 0 radical (unpaired) electrons. The van der Waals surface area contributed by atoms with Crippen molar-refractivity contribution in [1.82, 2.24) is 9.47 Å². The second-order valence-electron chi connectivity index (χ2n) is 9.64. The van der Waals surface area contributed by atoms with Crippen LogP contribution in [0.25, 0.3) is 6.08 Å². The third kappa shape index (κ3) is 5.74. The van der Waals surface area contributed by atoms with Gasteiger partial charge in [0.2, 0.25) is 0 Å². The number of hydrogen-bond acceptors (Lipinski definition) is 6. The minimum absolute atomic E-state index is 0.132. The summed E-state index contributed by atoms with van der Waals surface area (Å²) in [7, 11) is 1.60. The first-order valence-corrected chi connectivity index (χ1v) is 14.5. The summed E-state index contributed by atoms with van der Waals surface area (Å²) in [5.41, 5.74) is 3.59. The Labute approximate surface area is 243 Å². The van der Waals surface area contributed by atoms with Crippen LogP contribution in [0.4, 0.5) is 0 Å². The molecule has 1 aliphatic rings. The lowest BCUT2D eigenvalue weighted by molar-refractivity contribution is -0.127. The molecule has 0 fully saturated rings. The zero-order chi connectivity index (χ0) is 28.9. The van der Waals surface area contributed by atoms with E-state index in [2.05, 4.69) is 0 Å². The molecule has 0 saturated heterocycles. The van der Waals surface area contributed by atoms with Gasteiger partial charge in [-0.25, -0.2) is 4.99 Å². The Kier molecular flexibility index (Phi) is 8.50. The van der Waals surface area contributed by atoms with Crippen LogP contribution >= 0.6 is 11.3 Å². The van der Waals surface area contributed by atoms with Crippen molar-refractivity contribution >= 4 is 23.3 Å². The summed E-state index contributed by atoms with van der Waals surface area (Å²) in [5.74, 6) is 1.23. The molecule has 0 bridgehead atoms. The zero-order valence-electron chi connectivity index (χ0n) is 23.7. The number of para-hydroxylation sites is 1. The molecule has 1 atom stereocenters. The van der Waals surface area contributed by atoms with Crippen LogP contribution in [0, 0.1) is 0 Å². The maximum absolute atomic E-state index is 14.0. The standard InChI is InChI=1S/C33H33N3O4S/c1-5-35(6-2)32(38)29-22(3)34-33-36(30(29)26-14-10-11-15-27(26)39-4)31(37)28(41-33)20-23-16-18-25(19-17-23)40-21-24-12-8-7-9-13-24/h7-20,30H,5-6,21H2,1-4H3/b28-20+/t30-/m1/s1. The minimum atomic E-state index is -0.661. The number of thiazole rings is 1. The fourth-order valence-electron chi connectivity index (χ4n) is 5.02. The minimum Gasteiger partial charge on any atom is -0.496 e. The molecule has 0 unspecified atom stereocenters. The highest BCUT2D eigenvalue weighted by Crippen LogP contribution is 2.36. The van der Waals surface area contributed by atoms with Crippen LogP contribution in [0.2, 0.25) is 0 Å². The largest absolute Gasteiger partial charge is 0.496 e. The first-order valence-electron chi connectivity index (χ1n) is 13.7. The van der Waals surface area contributed by atoms with E-state index >= 15 is 0 Å². The number of carbonyl (C=O) groups is 1. The Bertz CT molecular complexity index is 1750. The number of likely N-dealkylation sites (N-methyl/N-ethyl adjacent to an activating group) is 1. The molecule has 5 rings (SSSR count). The summed E-state index contributed by atoms with van der Waals surface area (Å²) >= 11 is 1.31. The first kappa shape index (κ1) is 28.1. The number of fused-ring (bicyclic) bond motifs is 1. The summed E-state index contributed by atoms with van der Waals surface area (Å²) < 4.78 is 13.8. The number of allylic oxidation sites excluding steroid dienone is 1. The van der Waals surface area contributed by atoms with Crippen molar-refractivity contribution in [3.63, 3.8) is 0 Å². The second-order valence-corrected chi connectivity index (χ2v) is 10.7. The molecule has 0 saturated carbocycles. The lowest BCUT2D eigenvalue weighted by Gasteiger charge is -2.29. The molecule has 1 aromatic heterocycles. The van der Waals surface area contributed by atoms with Crippen molar-refractivity contribution in [2.75, 3.05) is 20.2 Å². The van der Waals surface area contributed by atoms with Crippen molar-refractivity contribution in [3.05, 3.63) is 127 Å². The van der Waals surface area contributed by atoms with Gasteiger partial charge in [0, 0.05) is 18.7 Å². The Morgan fingerprint density at radius 1 is 1.00 bits per heavy atom. The zero-order valence-corrected chi connectivity index (χ0v) is 24.5. The molecule has 8 heteroatoms. The van der Waals surface area contributed by atoms with Crippen LogP contribution in [-0.4, -0.2) is 35.6 Å². The highest BCUT2D eigenvalue weighted by molar-refractivity contribution is 7.07. The molecule has 1 aliphatic heterocycles. The number of rotatable bonds is 9. The van der Waals surface area contributed by atoms with Gasteiger partial charge < -0.3 is 14.4 Å². The molecule has 2 heterocycles. The Morgan fingerprint density at radius 3 is 2.37 bits per heavy atom. The molecular weight excluding hydrogens is 534 g/mol. The van der Waals surface area contributed by atoms with Crippen LogP contribution in [0.1, 0.15) is 43.5 Å². The van der Waals surface area contributed by atoms with Crippen molar-refractivity contribution in [1.29, 1.82) is 0 Å². The number of ether oxygens (including phenoxy) is 2. The van der Waals surface area contributed by atoms with Crippen molar-refractivity contribution in [2.24, 2.45) is 4.99 Å². The van der Waals surface area contributed by atoms with E-state index in [1.807, 2.05) is 106 Å². The molecule has 4 aromatic rings. The van der Waals surface area contributed by atoms with Gasteiger partial charge in [-0.3, -0.25) is 14.2 Å². The average Bonchev–Trinajstić information content (AvgIpc) is 3.30. The summed E-state index contributed by atoms with van der Waals surface area (Å²) in [6.07, 6.45) is 1.86. The molecule has 1 amide bonds. The molecule has 210 valence electrons. The van der Waals surface area contributed by atoms with E-state index in [-0.39, 0.29) is 11.5 Å². The summed E-state index contributed by atoms with van der Waals surface area (Å²) in [5, 5.41) is 0. The summed E-state index contributed by atoms with van der Waals surface area (Å²) in [6.45, 7) is 7.33. The van der Waals surface area contributed by atoms with Gasteiger partial charge >= 0.3 is 0 Å². The number of nitrogens with zero attached hydrogens (tertiary/aromatic N) is 3. The van der Waals surface area contributed by atoms with Crippen molar-refractivity contribution in [2.45, 2.75) is 33.4 Å². The number of methoxy groups -OCH3 is 1. The van der Waals surface area contributed by atoms with Gasteiger partial charge in [0.15, 0.2) is 4.80 Å². The second kappa shape index (κ2) is 12.4. The van der Waals surface area contributed by atoms with E-state index in [0.717, 1.165) is 22.4 Å².